The van der Waals surface area contributed by atoms with Crippen molar-refractivity contribution >= 4 is 11.9 Å². The van der Waals surface area contributed by atoms with Gasteiger partial charge in [0.2, 0.25) is 0 Å². The predicted octanol–water partition coefficient (Wildman–Crippen LogP) is 2.96. The van der Waals surface area contributed by atoms with E-state index in [0.29, 0.717) is 43.1 Å². The van der Waals surface area contributed by atoms with Crippen LogP contribution < -0.4 is 14.8 Å². The second-order valence-electron chi connectivity index (χ2n) is 6.83. The molecule has 3 N–H and O–H groups in total. The molecule has 0 spiro atoms. The first kappa shape index (κ1) is 23.9. The standard InChI is InChI=1S/C19H24N2O2.C4H4O4/c1-2-22-19-18(9-6-11-21-19)23-14-16-13-20-12-10-17(16)15-7-4-3-5-8-15;5-3(6)1-2-4(7)8/h3-9,11,16-17,20H,2,10,12-14H2,1H3;1-2H,(H,5,6)(H,7,8)/b;2-1+/t16-,17-;/m0./s1. The lowest BCUT2D eigenvalue weighted by Gasteiger charge is -2.32. The summed E-state index contributed by atoms with van der Waals surface area (Å²) in [6.45, 7) is 5.25. The van der Waals surface area contributed by atoms with Crippen LogP contribution in [0, 0.1) is 5.92 Å². The fourth-order valence-corrected chi connectivity index (χ4v) is 3.31. The number of piperidine rings is 1. The molecule has 0 amide bonds. The number of hydrogen-bond acceptors (Lipinski definition) is 6. The van der Waals surface area contributed by atoms with Crippen LogP contribution in [-0.4, -0.2) is 53.4 Å². The first-order chi connectivity index (χ1) is 15.0. The smallest absolute Gasteiger partial charge is 0.328 e. The molecule has 1 aliphatic heterocycles. The van der Waals surface area contributed by atoms with Crippen LogP contribution in [0.2, 0.25) is 0 Å². The first-order valence-corrected chi connectivity index (χ1v) is 10.1. The van der Waals surface area contributed by atoms with Crippen LogP contribution in [0.15, 0.2) is 60.8 Å². The maximum Gasteiger partial charge on any atom is 0.328 e. The Bertz CT molecular complexity index is 840. The Morgan fingerprint density at radius 2 is 1.81 bits per heavy atom. The molecule has 0 unspecified atom stereocenters. The molecular formula is C23H28N2O6. The molecule has 2 aromatic rings. The minimum absolute atomic E-state index is 0.445. The molecule has 1 aromatic carbocycles. The molecule has 1 aromatic heterocycles. The van der Waals surface area contributed by atoms with Crippen molar-refractivity contribution in [2.24, 2.45) is 5.92 Å². The Kier molecular flexibility index (Phi) is 10.0. The van der Waals surface area contributed by atoms with Gasteiger partial charge in [-0.3, -0.25) is 0 Å². The van der Waals surface area contributed by atoms with E-state index in [4.69, 9.17) is 19.7 Å². The highest BCUT2D eigenvalue weighted by Gasteiger charge is 2.27. The number of rotatable bonds is 8. The second kappa shape index (κ2) is 13.0. The van der Waals surface area contributed by atoms with Crippen LogP contribution in [-0.2, 0) is 9.59 Å². The van der Waals surface area contributed by atoms with Crippen LogP contribution in [0.4, 0.5) is 0 Å². The molecule has 0 aliphatic carbocycles. The zero-order valence-electron chi connectivity index (χ0n) is 17.4. The van der Waals surface area contributed by atoms with Gasteiger partial charge in [-0.05, 0) is 43.5 Å². The topological polar surface area (TPSA) is 118 Å². The number of nitrogens with zero attached hydrogens (tertiary/aromatic N) is 1. The Morgan fingerprint density at radius 1 is 1.10 bits per heavy atom. The minimum Gasteiger partial charge on any atom is -0.488 e. The van der Waals surface area contributed by atoms with E-state index in [-0.39, 0.29) is 0 Å². The third-order valence-electron chi connectivity index (χ3n) is 4.67. The Labute approximate surface area is 181 Å². The summed E-state index contributed by atoms with van der Waals surface area (Å²) in [7, 11) is 0. The Morgan fingerprint density at radius 3 is 2.45 bits per heavy atom. The van der Waals surface area contributed by atoms with Crippen molar-refractivity contribution in [3.8, 4) is 11.6 Å². The average Bonchev–Trinajstić information content (AvgIpc) is 2.78. The molecule has 1 fully saturated rings. The van der Waals surface area contributed by atoms with E-state index in [0.717, 1.165) is 25.3 Å². The SMILES string of the molecule is CCOc1ncccc1OC[C@@H]1CNCC[C@H]1c1ccccc1.O=C(O)/C=C/C(=O)O. The van der Waals surface area contributed by atoms with Gasteiger partial charge in [0.05, 0.1) is 13.2 Å². The number of carboxylic acid groups (broad SMARTS) is 2. The van der Waals surface area contributed by atoms with E-state index in [1.807, 2.05) is 19.1 Å². The van der Waals surface area contributed by atoms with Gasteiger partial charge >= 0.3 is 11.9 Å². The van der Waals surface area contributed by atoms with Gasteiger partial charge < -0.3 is 25.0 Å². The maximum absolute atomic E-state index is 9.55. The number of nitrogens with one attached hydrogen (secondary N) is 1. The molecule has 166 valence electrons. The van der Waals surface area contributed by atoms with Gasteiger partial charge in [0.1, 0.15) is 0 Å². The number of hydrogen-bond donors (Lipinski definition) is 3. The number of ether oxygens (including phenoxy) is 2. The quantitative estimate of drug-likeness (QED) is 0.549. The van der Waals surface area contributed by atoms with Crippen LogP contribution in [0.3, 0.4) is 0 Å². The summed E-state index contributed by atoms with van der Waals surface area (Å²) in [5.41, 5.74) is 1.40. The van der Waals surface area contributed by atoms with Crippen LogP contribution in [0.1, 0.15) is 24.8 Å². The lowest BCUT2D eigenvalue weighted by Crippen LogP contribution is -2.38. The molecule has 0 saturated carbocycles. The summed E-state index contributed by atoms with van der Waals surface area (Å²) in [6, 6.07) is 14.5. The van der Waals surface area contributed by atoms with Gasteiger partial charge in [-0.25, -0.2) is 14.6 Å². The van der Waals surface area contributed by atoms with Crippen molar-refractivity contribution in [1.29, 1.82) is 0 Å². The summed E-state index contributed by atoms with van der Waals surface area (Å²) in [4.78, 5) is 23.4. The first-order valence-electron chi connectivity index (χ1n) is 10.1. The molecule has 1 aliphatic rings. The molecule has 0 radical (unpaired) electrons. The van der Waals surface area contributed by atoms with E-state index in [1.54, 1.807) is 6.20 Å². The number of pyridine rings is 1. The van der Waals surface area contributed by atoms with Crippen LogP contribution >= 0.6 is 0 Å². The molecule has 8 nitrogen and oxygen atoms in total. The van der Waals surface area contributed by atoms with Crippen molar-refractivity contribution < 1.29 is 29.3 Å². The number of aromatic nitrogens is 1. The third kappa shape index (κ3) is 8.47. The van der Waals surface area contributed by atoms with Crippen molar-refractivity contribution in [1.82, 2.24) is 10.3 Å². The van der Waals surface area contributed by atoms with Crippen molar-refractivity contribution in [3.63, 3.8) is 0 Å². The third-order valence-corrected chi connectivity index (χ3v) is 4.67. The molecule has 2 atom stereocenters. The van der Waals surface area contributed by atoms with E-state index in [1.165, 1.54) is 5.56 Å². The highest BCUT2D eigenvalue weighted by atomic mass is 16.5. The van der Waals surface area contributed by atoms with Crippen molar-refractivity contribution in [3.05, 3.63) is 66.4 Å². The van der Waals surface area contributed by atoms with Gasteiger partial charge in [0.15, 0.2) is 5.75 Å². The van der Waals surface area contributed by atoms with Crippen LogP contribution in [0.5, 0.6) is 11.6 Å². The molecule has 0 bridgehead atoms. The van der Waals surface area contributed by atoms with Gasteiger partial charge in [-0.2, -0.15) is 0 Å². The summed E-state index contributed by atoms with van der Waals surface area (Å²) >= 11 is 0. The fourth-order valence-electron chi connectivity index (χ4n) is 3.31. The molecule has 2 heterocycles. The van der Waals surface area contributed by atoms with E-state index in [2.05, 4.69) is 40.6 Å². The molecule has 1 saturated heterocycles. The summed E-state index contributed by atoms with van der Waals surface area (Å²) in [5, 5.41) is 19.1. The number of aliphatic carboxylic acids is 2. The maximum atomic E-state index is 9.55. The average molecular weight is 428 g/mol. The molecular weight excluding hydrogens is 400 g/mol. The van der Waals surface area contributed by atoms with Gasteiger partial charge in [0, 0.05) is 30.8 Å². The summed E-state index contributed by atoms with van der Waals surface area (Å²) < 4.78 is 11.6. The zero-order chi connectivity index (χ0) is 22.5. The highest BCUT2D eigenvalue weighted by molar-refractivity contribution is 5.89. The van der Waals surface area contributed by atoms with Crippen molar-refractivity contribution in [2.75, 3.05) is 26.3 Å². The lowest BCUT2D eigenvalue weighted by atomic mass is 9.81. The summed E-state index contributed by atoms with van der Waals surface area (Å²) in [6.07, 6.45) is 3.99. The van der Waals surface area contributed by atoms with E-state index in [9.17, 15) is 9.59 Å². The summed E-state index contributed by atoms with van der Waals surface area (Å²) in [5.74, 6) is -0.230. The zero-order valence-corrected chi connectivity index (χ0v) is 17.4. The number of carboxylic acids is 2. The number of benzene rings is 1. The van der Waals surface area contributed by atoms with Gasteiger partial charge in [0.25, 0.3) is 5.88 Å². The van der Waals surface area contributed by atoms with Crippen LogP contribution in [0.25, 0.3) is 0 Å². The Hall–Kier alpha value is -3.39. The largest absolute Gasteiger partial charge is 0.488 e. The molecule has 8 heteroatoms. The second-order valence-corrected chi connectivity index (χ2v) is 6.83. The predicted molar refractivity (Wildman–Crippen MR) is 115 cm³/mol. The Balaban J connectivity index is 0.000000366. The van der Waals surface area contributed by atoms with Gasteiger partial charge in [-0.15, -0.1) is 0 Å². The van der Waals surface area contributed by atoms with Gasteiger partial charge in [-0.1, -0.05) is 30.3 Å². The monoisotopic (exact) mass is 428 g/mol. The normalized spacial score (nSPS) is 18.0. The lowest BCUT2D eigenvalue weighted by molar-refractivity contribution is -0.134. The fraction of sp³-hybridized carbons (Fsp3) is 0.348. The highest BCUT2D eigenvalue weighted by Crippen LogP contribution is 2.32. The minimum atomic E-state index is -1.26. The number of carbonyl (C=O) groups is 2. The molecule has 31 heavy (non-hydrogen) atoms. The van der Waals surface area contributed by atoms with E-state index >= 15 is 0 Å². The van der Waals surface area contributed by atoms with Crippen molar-refractivity contribution in [2.45, 2.75) is 19.3 Å². The van der Waals surface area contributed by atoms with E-state index < -0.39 is 11.9 Å². The molecule has 3 rings (SSSR count).